The van der Waals surface area contributed by atoms with Crippen molar-refractivity contribution in [3.63, 3.8) is 0 Å². The fourth-order valence-corrected chi connectivity index (χ4v) is 3.93. The number of aromatic nitrogens is 1. The molecule has 1 fully saturated rings. The Labute approximate surface area is 172 Å². The summed E-state index contributed by atoms with van der Waals surface area (Å²) in [6, 6.07) is 12.3. The maximum absolute atomic E-state index is 14.2. The number of nitrogens with zero attached hydrogens (tertiary/aromatic N) is 2. The molecule has 0 unspecified atom stereocenters. The van der Waals surface area contributed by atoms with E-state index < -0.39 is 12.2 Å². The van der Waals surface area contributed by atoms with E-state index in [-0.39, 0.29) is 25.7 Å². The minimum atomic E-state index is -1.05. The molecule has 3 heterocycles. The second-order valence-corrected chi connectivity index (χ2v) is 7.36. The van der Waals surface area contributed by atoms with Crippen molar-refractivity contribution in [3.05, 3.63) is 60.6 Å². The van der Waals surface area contributed by atoms with Gasteiger partial charge in [-0.25, -0.2) is 9.37 Å². The van der Waals surface area contributed by atoms with Crippen molar-refractivity contribution in [3.8, 4) is 22.8 Å². The summed E-state index contributed by atoms with van der Waals surface area (Å²) >= 11 is 0. The number of anilines is 1. The fraction of sp³-hybridized carbons (Fsp3) is 0.273. The number of nitrogens with one attached hydrogen (secondary N) is 1. The minimum absolute atomic E-state index is 0.161. The zero-order valence-corrected chi connectivity index (χ0v) is 16.1. The van der Waals surface area contributed by atoms with Gasteiger partial charge in [-0.1, -0.05) is 12.1 Å². The van der Waals surface area contributed by atoms with Gasteiger partial charge in [0.1, 0.15) is 6.17 Å². The van der Waals surface area contributed by atoms with Crippen LogP contribution in [0.4, 0.5) is 10.1 Å². The lowest BCUT2D eigenvalue weighted by Gasteiger charge is -2.23. The van der Waals surface area contributed by atoms with E-state index in [1.807, 2.05) is 35.2 Å². The number of fused-ring (bicyclic) bond motifs is 1. The van der Waals surface area contributed by atoms with Crippen molar-refractivity contribution in [1.82, 2.24) is 9.88 Å². The number of amides is 1. The van der Waals surface area contributed by atoms with Crippen LogP contribution in [0.5, 0.6) is 11.5 Å². The molecular weight excluding hydrogens is 389 g/mol. The Hall–Kier alpha value is -3.39. The van der Waals surface area contributed by atoms with E-state index in [4.69, 9.17) is 13.9 Å². The van der Waals surface area contributed by atoms with E-state index >= 15 is 0 Å². The average Bonchev–Trinajstić information content (AvgIpc) is 3.50. The van der Waals surface area contributed by atoms with Gasteiger partial charge in [-0.05, 0) is 30.3 Å². The third kappa shape index (κ3) is 3.61. The highest BCUT2D eigenvalue weighted by molar-refractivity contribution is 5.95. The van der Waals surface area contributed by atoms with Crippen molar-refractivity contribution in [1.29, 1.82) is 0 Å². The largest absolute Gasteiger partial charge is 0.454 e. The number of halogens is 1. The summed E-state index contributed by atoms with van der Waals surface area (Å²) in [7, 11) is 0. The summed E-state index contributed by atoms with van der Waals surface area (Å²) in [5.41, 5.74) is 2.38. The van der Waals surface area contributed by atoms with E-state index in [2.05, 4.69) is 10.3 Å². The van der Waals surface area contributed by atoms with E-state index in [9.17, 15) is 9.18 Å². The van der Waals surface area contributed by atoms with Crippen molar-refractivity contribution in [2.45, 2.75) is 25.2 Å². The van der Waals surface area contributed by atoms with Crippen LogP contribution in [0.25, 0.3) is 11.3 Å². The third-order valence-corrected chi connectivity index (χ3v) is 5.38. The topological polar surface area (TPSA) is 76.8 Å². The van der Waals surface area contributed by atoms with E-state index in [0.717, 1.165) is 11.1 Å². The molecule has 1 aromatic heterocycles. The predicted molar refractivity (Wildman–Crippen MR) is 107 cm³/mol. The van der Waals surface area contributed by atoms with Gasteiger partial charge in [0, 0.05) is 36.3 Å². The maximum atomic E-state index is 14.2. The number of oxazole rings is 1. The molecule has 1 amide bonds. The number of likely N-dealkylation sites (tertiary alicyclic amines) is 1. The van der Waals surface area contributed by atoms with Crippen LogP contribution in [0.3, 0.4) is 0 Å². The number of alkyl halides is 1. The summed E-state index contributed by atoms with van der Waals surface area (Å²) in [6.07, 6.45) is 2.10. The normalized spacial score (nSPS) is 20.4. The molecule has 7 nitrogen and oxygen atoms in total. The average molecular weight is 409 g/mol. The molecule has 2 aliphatic rings. The van der Waals surface area contributed by atoms with Crippen molar-refractivity contribution < 1.29 is 23.1 Å². The third-order valence-electron chi connectivity index (χ3n) is 5.38. The first-order valence-corrected chi connectivity index (χ1v) is 9.73. The molecule has 0 saturated carbocycles. The van der Waals surface area contributed by atoms with Gasteiger partial charge < -0.3 is 19.2 Å². The number of ether oxygens (including phenoxy) is 2. The van der Waals surface area contributed by atoms with Crippen molar-refractivity contribution >= 4 is 11.6 Å². The Morgan fingerprint density at radius 2 is 2.07 bits per heavy atom. The van der Waals surface area contributed by atoms with Crippen LogP contribution in [-0.4, -0.2) is 41.3 Å². The highest BCUT2D eigenvalue weighted by Crippen LogP contribution is 2.37. The van der Waals surface area contributed by atoms with Crippen LogP contribution in [0, 0.1) is 0 Å². The number of carbonyl (C=O) groups excluding carboxylic acids is 1. The lowest BCUT2D eigenvalue weighted by molar-refractivity contribution is -0.120. The van der Waals surface area contributed by atoms with Gasteiger partial charge in [0.25, 0.3) is 0 Å². The number of carbonyl (C=O) groups is 1. The first-order valence-electron chi connectivity index (χ1n) is 9.73. The molecule has 1 saturated heterocycles. The van der Waals surface area contributed by atoms with Gasteiger partial charge in [0.05, 0.1) is 12.2 Å². The van der Waals surface area contributed by atoms with Gasteiger partial charge in [-0.2, -0.15) is 0 Å². The molecule has 0 bridgehead atoms. The molecule has 3 aromatic rings. The molecule has 0 radical (unpaired) electrons. The SMILES string of the molecule is O=C(Nc1ccc(-c2cnco2)cc1)[C@H]1C[C@H](F)CN1Cc1cccc2c1OCO2. The summed E-state index contributed by atoms with van der Waals surface area (Å²) in [6.45, 7) is 0.786. The highest BCUT2D eigenvalue weighted by atomic mass is 19.1. The predicted octanol–water partition coefficient (Wildman–Crippen LogP) is 3.62. The molecule has 2 aromatic carbocycles. The van der Waals surface area contributed by atoms with E-state index in [1.165, 1.54) is 6.39 Å². The zero-order valence-electron chi connectivity index (χ0n) is 16.1. The summed E-state index contributed by atoms with van der Waals surface area (Å²) < 4.78 is 30.4. The highest BCUT2D eigenvalue weighted by Gasteiger charge is 2.37. The molecular formula is C22H20FN3O4. The number of hydrogen-bond donors (Lipinski definition) is 1. The Bertz CT molecular complexity index is 1040. The number of benzene rings is 2. The quantitative estimate of drug-likeness (QED) is 0.694. The van der Waals surface area contributed by atoms with Gasteiger partial charge in [-0.3, -0.25) is 9.69 Å². The van der Waals surface area contributed by atoms with Crippen LogP contribution in [0.1, 0.15) is 12.0 Å². The first kappa shape index (κ1) is 18.6. The smallest absolute Gasteiger partial charge is 0.241 e. The van der Waals surface area contributed by atoms with Gasteiger partial charge in [-0.15, -0.1) is 0 Å². The maximum Gasteiger partial charge on any atom is 0.241 e. The van der Waals surface area contributed by atoms with Gasteiger partial charge in [0.2, 0.25) is 12.7 Å². The number of rotatable bonds is 5. The Morgan fingerprint density at radius 1 is 1.20 bits per heavy atom. The van der Waals surface area contributed by atoms with E-state index in [1.54, 1.807) is 18.3 Å². The summed E-state index contributed by atoms with van der Waals surface area (Å²) in [4.78, 5) is 18.7. The van der Waals surface area contributed by atoms with Gasteiger partial charge >= 0.3 is 0 Å². The monoisotopic (exact) mass is 409 g/mol. The molecule has 0 spiro atoms. The second-order valence-electron chi connectivity index (χ2n) is 7.36. The van der Waals surface area contributed by atoms with Crippen molar-refractivity contribution in [2.24, 2.45) is 0 Å². The molecule has 154 valence electrons. The summed E-state index contributed by atoms with van der Waals surface area (Å²) in [5, 5.41) is 2.90. The minimum Gasteiger partial charge on any atom is -0.454 e. The second kappa shape index (κ2) is 7.79. The number of para-hydroxylation sites is 1. The van der Waals surface area contributed by atoms with Crippen LogP contribution in [0.2, 0.25) is 0 Å². The Morgan fingerprint density at radius 3 is 2.87 bits per heavy atom. The Balaban J connectivity index is 1.29. The van der Waals surface area contributed by atoms with Crippen molar-refractivity contribution in [2.75, 3.05) is 18.7 Å². The van der Waals surface area contributed by atoms with E-state index in [0.29, 0.717) is 29.5 Å². The molecule has 2 aliphatic heterocycles. The lowest BCUT2D eigenvalue weighted by Crippen LogP contribution is -2.39. The molecule has 30 heavy (non-hydrogen) atoms. The molecule has 0 aliphatic carbocycles. The Kier molecular flexibility index (Phi) is 4.84. The fourth-order valence-electron chi connectivity index (χ4n) is 3.93. The van der Waals surface area contributed by atoms with Crippen LogP contribution >= 0.6 is 0 Å². The molecule has 2 atom stereocenters. The molecule has 5 rings (SSSR count). The van der Waals surface area contributed by atoms with Crippen LogP contribution in [0.15, 0.2) is 59.5 Å². The first-order chi connectivity index (χ1) is 14.7. The molecule has 1 N–H and O–H groups in total. The lowest BCUT2D eigenvalue weighted by atomic mass is 10.1. The summed E-state index contributed by atoms with van der Waals surface area (Å²) in [5.74, 6) is 1.77. The standard InChI is InChI=1S/C22H20FN3O4/c23-16-8-18(26(11-16)10-15-2-1-3-19-21(15)30-13-29-19)22(27)25-17-6-4-14(5-7-17)20-9-24-12-28-20/h1-7,9,12,16,18H,8,10-11,13H2,(H,25,27)/t16-,18+/m0/s1. The van der Waals surface area contributed by atoms with Crippen LogP contribution in [-0.2, 0) is 11.3 Å². The molecule has 8 heteroatoms. The number of hydrogen-bond acceptors (Lipinski definition) is 6. The zero-order chi connectivity index (χ0) is 20.5. The van der Waals surface area contributed by atoms with Crippen LogP contribution < -0.4 is 14.8 Å². The van der Waals surface area contributed by atoms with Gasteiger partial charge in [0.15, 0.2) is 23.7 Å².